The van der Waals surface area contributed by atoms with Crippen LogP contribution in [-0.2, 0) is 23.0 Å². The Kier molecular flexibility index (Phi) is 4.55. The molecule has 0 saturated carbocycles. The van der Waals surface area contributed by atoms with Crippen LogP contribution in [0, 0.1) is 0 Å². The van der Waals surface area contributed by atoms with E-state index < -0.39 is 0 Å². The molecule has 6 heteroatoms. The Hall–Kier alpha value is -2.18. The van der Waals surface area contributed by atoms with E-state index in [0.29, 0.717) is 6.61 Å². The minimum Gasteiger partial charge on any atom is -0.375 e. The lowest BCUT2D eigenvalue weighted by Gasteiger charge is -2.36. The quantitative estimate of drug-likeness (QED) is 0.846. The minimum absolute atomic E-state index is 0.0395. The number of amides is 1. The molecule has 2 unspecified atom stereocenters. The van der Waals surface area contributed by atoms with Gasteiger partial charge in [0.15, 0.2) is 0 Å². The van der Waals surface area contributed by atoms with E-state index in [1.807, 2.05) is 24.2 Å². The molecule has 2 aromatic rings. The van der Waals surface area contributed by atoms with Crippen LogP contribution in [0.5, 0.6) is 0 Å². The maximum absolute atomic E-state index is 12.9. The van der Waals surface area contributed by atoms with Gasteiger partial charge in [-0.15, -0.1) is 0 Å². The van der Waals surface area contributed by atoms with Gasteiger partial charge in [0.25, 0.3) is 0 Å². The van der Waals surface area contributed by atoms with Gasteiger partial charge in [-0.25, -0.2) is 0 Å². The SMILES string of the molecule is Cn1cc(N2CCC(N3CCOC(Cc4ccccc4)C3)C2=O)cn1. The van der Waals surface area contributed by atoms with Crippen LogP contribution in [0.15, 0.2) is 42.7 Å². The fraction of sp³-hybridized carbons (Fsp3) is 0.474. The summed E-state index contributed by atoms with van der Waals surface area (Å²) in [5, 5.41) is 4.18. The number of morpholine rings is 1. The van der Waals surface area contributed by atoms with E-state index in [4.69, 9.17) is 4.74 Å². The summed E-state index contributed by atoms with van der Waals surface area (Å²) in [7, 11) is 1.87. The number of aromatic nitrogens is 2. The number of carbonyl (C=O) groups excluding carboxylic acids is 1. The molecule has 0 N–H and O–H groups in total. The Bertz CT molecular complexity index is 730. The summed E-state index contributed by atoms with van der Waals surface area (Å²) in [5.74, 6) is 0.188. The van der Waals surface area contributed by atoms with Crippen LogP contribution in [0.2, 0.25) is 0 Å². The average Bonchev–Trinajstić information content (AvgIpc) is 3.21. The molecule has 0 spiro atoms. The second-order valence-corrected chi connectivity index (χ2v) is 6.84. The van der Waals surface area contributed by atoms with Gasteiger partial charge in [-0.2, -0.15) is 5.10 Å². The molecule has 2 aliphatic heterocycles. The molecule has 1 aromatic carbocycles. The van der Waals surface area contributed by atoms with Gasteiger partial charge in [0, 0.05) is 32.9 Å². The first kappa shape index (κ1) is 16.3. The van der Waals surface area contributed by atoms with E-state index in [-0.39, 0.29) is 18.1 Å². The Morgan fingerprint density at radius 3 is 2.84 bits per heavy atom. The summed E-state index contributed by atoms with van der Waals surface area (Å²) in [6.07, 6.45) is 5.57. The molecule has 2 saturated heterocycles. The first-order valence-corrected chi connectivity index (χ1v) is 8.90. The number of hydrogen-bond donors (Lipinski definition) is 0. The molecule has 4 rings (SSSR count). The third-order valence-electron chi connectivity index (χ3n) is 5.10. The van der Waals surface area contributed by atoms with E-state index in [1.54, 1.807) is 10.9 Å². The fourth-order valence-corrected chi connectivity index (χ4v) is 3.83. The number of ether oxygens (including phenoxy) is 1. The highest BCUT2D eigenvalue weighted by molar-refractivity contribution is 5.99. The number of anilines is 1. The number of rotatable bonds is 4. The zero-order valence-corrected chi connectivity index (χ0v) is 14.5. The van der Waals surface area contributed by atoms with E-state index in [1.165, 1.54) is 5.56 Å². The predicted octanol–water partition coefficient (Wildman–Crippen LogP) is 1.47. The molecule has 3 heterocycles. The van der Waals surface area contributed by atoms with Crippen molar-refractivity contribution < 1.29 is 9.53 Å². The van der Waals surface area contributed by atoms with Crippen LogP contribution in [0.4, 0.5) is 5.69 Å². The third-order valence-corrected chi connectivity index (χ3v) is 5.10. The molecule has 1 amide bonds. The number of benzene rings is 1. The van der Waals surface area contributed by atoms with E-state index in [9.17, 15) is 4.79 Å². The summed E-state index contributed by atoms with van der Waals surface area (Å²) in [6, 6.07) is 10.4. The smallest absolute Gasteiger partial charge is 0.244 e. The molecule has 2 fully saturated rings. The monoisotopic (exact) mass is 340 g/mol. The van der Waals surface area contributed by atoms with Gasteiger partial charge in [0.2, 0.25) is 5.91 Å². The Morgan fingerprint density at radius 2 is 2.08 bits per heavy atom. The lowest BCUT2D eigenvalue weighted by atomic mass is 10.1. The Labute approximate surface area is 148 Å². The molecule has 6 nitrogen and oxygen atoms in total. The van der Waals surface area contributed by atoms with Gasteiger partial charge in [-0.05, 0) is 18.4 Å². The van der Waals surface area contributed by atoms with Crippen molar-refractivity contribution >= 4 is 11.6 Å². The Morgan fingerprint density at radius 1 is 1.24 bits per heavy atom. The number of aryl methyl sites for hydroxylation is 1. The number of hydrogen-bond acceptors (Lipinski definition) is 4. The zero-order valence-electron chi connectivity index (χ0n) is 14.5. The zero-order chi connectivity index (χ0) is 17.2. The van der Waals surface area contributed by atoms with E-state index in [2.05, 4.69) is 34.3 Å². The Balaban J connectivity index is 1.40. The van der Waals surface area contributed by atoms with Crippen molar-refractivity contribution in [1.82, 2.24) is 14.7 Å². The highest BCUT2D eigenvalue weighted by Gasteiger charge is 2.39. The first-order chi connectivity index (χ1) is 12.2. The average molecular weight is 340 g/mol. The van der Waals surface area contributed by atoms with Gasteiger partial charge < -0.3 is 9.64 Å². The van der Waals surface area contributed by atoms with Crippen molar-refractivity contribution in [2.24, 2.45) is 7.05 Å². The molecule has 132 valence electrons. The number of carbonyl (C=O) groups is 1. The maximum Gasteiger partial charge on any atom is 0.244 e. The largest absolute Gasteiger partial charge is 0.375 e. The summed E-state index contributed by atoms with van der Waals surface area (Å²) >= 11 is 0. The molecule has 0 aliphatic carbocycles. The molecule has 1 aromatic heterocycles. The van der Waals surface area contributed by atoms with Gasteiger partial charge in [0.1, 0.15) is 0 Å². The molecular weight excluding hydrogens is 316 g/mol. The van der Waals surface area contributed by atoms with Crippen LogP contribution in [0.25, 0.3) is 0 Å². The van der Waals surface area contributed by atoms with E-state index in [0.717, 1.165) is 38.2 Å². The van der Waals surface area contributed by atoms with Crippen LogP contribution in [-0.4, -0.2) is 59.0 Å². The topological polar surface area (TPSA) is 50.6 Å². The van der Waals surface area contributed by atoms with Crippen molar-refractivity contribution in [1.29, 1.82) is 0 Å². The normalized spacial score (nSPS) is 24.8. The van der Waals surface area contributed by atoms with Crippen molar-refractivity contribution in [3.05, 3.63) is 48.3 Å². The minimum atomic E-state index is -0.0395. The highest BCUT2D eigenvalue weighted by atomic mass is 16.5. The summed E-state index contributed by atoms with van der Waals surface area (Å²) in [6.45, 7) is 3.08. The molecule has 0 radical (unpaired) electrons. The van der Waals surface area contributed by atoms with Crippen LogP contribution >= 0.6 is 0 Å². The molecule has 25 heavy (non-hydrogen) atoms. The molecule has 2 atom stereocenters. The third kappa shape index (κ3) is 3.45. The second kappa shape index (κ2) is 6.98. The van der Waals surface area contributed by atoms with E-state index >= 15 is 0 Å². The lowest BCUT2D eigenvalue weighted by molar-refractivity contribution is -0.124. The number of nitrogens with zero attached hydrogens (tertiary/aromatic N) is 4. The second-order valence-electron chi connectivity index (χ2n) is 6.84. The highest BCUT2D eigenvalue weighted by Crippen LogP contribution is 2.25. The summed E-state index contributed by atoms with van der Waals surface area (Å²) in [5.41, 5.74) is 2.17. The predicted molar refractivity (Wildman–Crippen MR) is 95.4 cm³/mol. The molecule has 2 aliphatic rings. The molecule has 0 bridgehead atoms. The van der Waals surface area contributed by atoms with Crippen molar-refractivity contribution in [3.63, 3.8) is 0 Å². The van der Waals surface area contributed by atoms with Gasteiger partial charge in [0.05, 0.1) is 30.6 Å². The van der Waals surface area contributed by atoms with Gasteiger partial charge in [-0.1, -0.05) is 30.3 Å². The fourth-order valence-electron chi connectivity index (χ4n) is 3.83. The van der Waals surface area contributed by atoms with Crippen LogP contribution in [0.1, 0.15) is 12.0 Å². The van der Waals surface area contributed by atoms with Gasteiger partial charge >= 0.3 is 0 Å². The summed E-state index contributed by atoms with van der Waals surface area (Å²) in [4.78, 5) is 17.0. The summed E-state index contributed by atoms with van der Waals surface area (Å²) < 4.78 is 7.68. The van der Waals surface area contributed by atoms with Crippen molar-refractivity contribution in [3.8, 4) is 0 Å². The van der Waals surface area contributed by atoms with Crippen molar-refractivity contribution in [2.75, 3.05) is 31.1 Å². The van der Waals surface area contributed by atoms with Crippen LogP contribution < -0.4 is 4.90 Å². The maximum atomic E-state index is 12.9. The molecular formula is C19H24N4O2. The first-order valence-electron chi connectivity index (χ1n) is 8.90. The van der Waals surface area contributed by atoms with Crippen LogP contribution in [0.3, 0.4) is 0 Å². The van der Waals surface area contributed by atoms with Crippen molar-refractivity contribution in [2.45, 2.75) is 25.0 Å². The van der Waals surface area contributed by atoms with Gasteiger partial charge in [-0.3, -0.25) is 14.4 Å². The lowest BCUT2D eigenvalue weighted by Crippen LogP contribution is -2.51. The standard InChI is InChI=1S/C19H24N4O2/c1-21-13-16(12-20-21)23-8-7-18(19(23)24)22-9-10-25-17(14-22)11-15-5-3-2-4-6-15/h2-6,12-13,17-18H,7-11,14H2,1H3.